The molecule has 0 fully saturated rings. The number of hydrogen-bond donors (Lipinski definition) is 0. The number of ether oxygens (including phenoxy) is 1. The van der Waals surface area contributed by atoms with Crippen molar-refractivity contribution in [2.45, 2.75) is 13.0 Å². The Morgan fingerprint density at radius 1 is 1.32 bits per heavy atom. The lowest BCUT2D eigenvalue weighted by molar-refractivity contribution is 0.219. The van der Waals surface area contributed by atoms with Crippen LogP contribution in [-0.2, 0) is 0 Å². The summed E-state index contributed by atoms with van der Waals surface area (Å²) in [5.41, 5.74) is 1.67. The fourth-order valence-electron chi connectivity index (χ4n) is 2.12. The topological polar surface area (TPSA) is 63.2 Å². The quantitative estimate of drug-likeness (QED) is 0.725. The van der Waals surface area contributed by atoms with E-state index in [2.05, 4.69) is 16.2 Å². The lowest BCUT2D eigenvalue weighted by Gasteiger charge is -2.16. The van der Waals surface area contributed by atoms with Crippen LogP contribution in [0.4, 0.5) is 0 Å². The molecule has 0 aliphatic rings. The van der Waals surface area contributed by atoms with Gasteiger partial charge in [0.15, 0.2) is 5.65 Å². The van der Waals surface area contributed by atoms with Crippen molar-refractivity contribution in [2.75, 3.05) is 0 Å². The maximum absolute atomic E-state index is 9.05. The van der Waals surface area contributed by atoms with Crippen LogP contribution in [0, 0.1) is 11.3 Å². The molecule has 7 heteroatoms. The number of nitrogens with zero attached hydrogens (tertiary/aromatic N) is 4. The van der Waals surface area contributed by atoms with Crippen LogP contribution in [0.2, 0.25) is 10.0 Å². The van der Waals surface area contributed by atoms with E-state index in [0.717, 1.165) is 5.69 Å². The molecule has 0 aliphatic heterocycles. The van der Waals surface area contributed by atoms with E-state index in [-0.39, 0.29) is 6.10 Å². The molecular weight excluding hydrogens is 323 g/mol. The van der Waals surface area contributed by atoms with Crippen LogP contribution in [0.3, 0.4) is 0 Å². The number of hydrogen-bond acceptors (Lipinski definition) is 4. The number of aromatic nitrogens is 3. The highest BCUT2D eigenvalue weighted by molar-refractivity contribution is 6.35. The van der Waals surface area contributed by atoms with Gasteiger partial charge in [-0.25, -0.2) is 9.50 Å². The minimum absolute atomic E-state index is 0.337. The van der Waals surface area contributed by atoms with E-state index in [0.29, 0.717) is 27.0 Å². The van der Waals surface area contributed by atoms with Crippen molar-refractivity contribution in [3.63, 3.8) is 0 Å². The predicted octanol–water partition coefficient (Wildman–Crippen LogP) is 4.05. The molecule has 1 unspecified atom stereocenters. The number of rotatable bonds is 3. The zero-order valence-corrected chi connectivity index (χ0v) is 13.0. The van der Waals surface area contributed by atoms with E-state index in [4.69, 9.17) is 33.2 Å². The largest absolute Gasteiger partial charge is 0.483 e. The molecule has 3 aromatic rings. The molecular formula is C15H10Cl2N4O. The highest BCUT2D eigenvalue weighted by Gasteiger charge is 2.16. The van der Waals surface area contributed by atoms with E-state index >= 15 is 0 Å². The van der Waals surface area contributed by atoms with Crippen LogP contribution in [0.1, 0.15) is 24.3 Å². The second kappa shape index (κ2) is 5.84. The molecule has 2 aromatic heterocycles. The van der Waals surface area contributed by atoms with Gasteiger partial charge in [0.1, 0.15) is 23.5 Å². The molecule has 0 aliphatic carbocycles. The standard InChI is InChI=1S/C15H10Cl2N4O/c1-9(22-14-3-2-11(16)6-12(14)17)13-4-5-19-15-10(7-18)8-20-21(13)15/h2-6,8-9H,1H3. The van der Waals surface area contributed by atoms with Crippen molar-refractivity contribution in [1.82, 2.24) is 14.6 Å². The highest BCUT2D eigenvalue weighted by atomic mass is 35.5. The molecule has 22 heavy (non-hydrogen) atoms. The Bertz CT molecular complexity index is 885. The van der Waals surface area contributed by atoms with Crippen molar-refractivity contribution in [2.24, 2.45) is 0 Å². The first kappa shape index (κ1) is 14.6. The Labute approximate surface area is 136 Å². The van der Waals surface area contributed by atoms with Crippen molar-refractivity contribution in [1.29, 1.82) is 5.26 Å². The molecule has 1 atom stereocenters. The molecule has 1 aromatic carbocycles. The number of fused-ring (bicyclic) bond motifs is 1. The van der Waals surface area contributed by atoms with Crippen molar-refractivity contribution in [3.05, 3.63) is 58.0 Å². The molecule has 5 nitrogen and oxygen atoms in total. The van der Waals surface area contributed by atoms with Gasteiger partial charge in [0, 0.05) is 11.2 Å². The Balaban J connectivity index is 1.97. The van der Waals surface area contributed by atoms with Gasteiger partial charge in [-0.2, -0.15) is 10.4 Å². The monoisotopic (exact) mass is 332 g/mol. The average molecular weight is 333 g/mol. The van der Waals surface area contributed by atoms with Gasteiger partial charge in [0.05, 0.1) is 16.9 Å². The summed E-state index contributed by atoms with van der Waals surface area (Å²) in [6.45, 7) is 1.87. The van der Waals surface area contributed by atoms with Gasteiger partial charge in [-0.15, -0.1) is 0 Å². The molecule has 2 heterocycles. The summed E-state index contributed by atoms with van der Waals surface area (Å²) in [4.78, 5) is 4.17. The maximum atomic E-state index is 9.05. The van der Waals surface area contributed by atoms with E-state index in [1.807, 2.05) is 6.92 Å². The number of nitriles is 1. The van der Waals surface area contributed by atoms with E-state index in [9.17, 15) is 0 Å². The van der Waals surface area contributed by atoms with Gasteiger partial charge < -0.3 is 4.74 Å². The summed E-state index contributed by atoms with van der Waals surface area (Å²) >= 11 is 12.0. The molecule has 0 bridgehead atoms. The zero-order chi connectivity index (χ0) is 15.7. The van der Waals surface area contributed by atoms with Gasteiger partial charge in [-0.1, -0.05) is 23.2 Å². The number of benzene rings is 1. The SMILES string of the molecule is CC(Oc1ccc(Cl)cc1Cl)c1ccnc2c(C#N)cnn12. The Morgan fingerprint density at radius 3 is 2.86 bits per heavy atom. The number of halogens is 2. The molecule has 0 radical (unpaired) electrons. The molecule has 0 saturated heterocycles. The first-order chi connectivity index (χ1) is 10.6. The van der Waals surface area contributed by atoms with Crippen LogP contribution >= 0.6 is 23.2 Å². The predicted molar refractivity (Wildman–Crippen MR) is 83.2 cm³/mol. The summed E-state index contributed by atoms with van der Waals surface area (Å²) < 4.78 is 7.47. The molecule has 0 N–H and O–H groups in total. The fraction of sp³-hybridized carbons (Fsp3) is 0.133. The zero-order valence-electron chi connectivity index (χ0n) is 11.5. The summed E-state index contributed by atoms with van der Waals surface area (Å²) in [7, 11) is 0. The van der Waals surface area contributed by atoms with Crippen molar-refractivity contribution < 1.29 is 4.74 Å². The van der Waals surface area contributed by atoms with Crippen molar-refractivity contribution in [3.8, 4) is 11.8 Å². The fourth-order valence-corrected chi connectivity index (χ4v) is 2.57. The van der Waals surface area contributed by atoms with Crippen LogP contribution in [0.15, 0.2) is 36.7 Å². The molecule has 110 valence electrons. The third kappa shape index (κ3) is 2.59. The molecule has 3 rings (SSSR count). The van der Waals surface area contributed by atoms with Crippen molar-refractivity contribution >= 4 is 28.8 Å². The average Bonchev–Trinajstić information content (AvgIpc) is 2.93. The Kier molecular flexibility index (Phi) is 3.88. The van der Waals surface area contributed by atoms with E-state index < -0.39 is 0 Å². The second-order valence-electron chi connectivity index (χ2n) is 4.61. The third-order valence-corrected chi connectivity index (χ3v) is 3.70. The minimum Gasteiger partial charge on any atom is -0.483 e. The Hall–Kier alpha value is -2.29. The Morgan fingerprint density at radius 2 is 2.14 bits per heavy atom. The summed E-state index contributed by atoms with van der Waals surface area (Å²) in [5, 5.41) is 14.2. The summed E-state index contributed by atoms with van der Waals surface area (Å²) in [5.74, 6) is 0.524. The van der Waals surface area contributed by atoms with Crippen LogP contribution in [0.5, 0.6) is 5.75 Å². The lowest BCUT2D eigenvalue weighted by atomic mass is 10.2. The van der Waals surface area contributed by atoms with Gasteiger partial charge in [-0.05, 0) is 31.2 Å². The first-order valence-electron chi connectivity index (χ1n) is 6.44. The van der Waals surface area contributed by atoms with Crippen LogP contribution < -0.4 is 4.74 Å². The second-order valence-corrected chi connectivity index (χ2v) is 5.45. The normalized spacial score (nSPS) is 12.1. The third-order valence-electron chi connectivity index (χ3n) is 3.17. The van der Waals surface area contributed by atoms with Gasteiger partial charge in [0.2, 0.25) is 0 Å². The van der Waals surface area contributed by atoms with E-state index in [1.54, 1.807) is 35.0 Å². The van der Waals surface area contributed by atoms with Gasteiger partial charge in [0.25, 0.3) is 0 Å². The minimum atomic E-state index is -0.337. The van der Waals surface area contributed by atoms with Crippen LogP contribution in [0.25, 0.3) is 5.65 Å². The van der Waals surface area contributed by atoms with Gasteiger partial charge in [-0.3, -0.25) is 0 Å². The molecule has 0 amide bonds. The summed E-state index contributed by atoms with van der Waals surface area (Å²) in [6.07, 6.45) is 2.76. The maximum Gasteiger partial charge on any atom is 0.173 e. The lowest BCUT2D eigenvalue weighted by Crippen LogP contribution is -2.10. The van der Waals surface area contributed by atoms with Gasteiger partial charge >= 0.3 is 0 Å². The summed E-state index contributed by atoms with van der Waals surface area (Å²) in [6, 6.07) is 8.89. The van der Waals surface area contributed by atoms with E-state index in [1.165, 1.54) is 6.20 Å². The first-order valence-corrected chi connectivity index (χ1v) is 7.20. The van der Waals surface area contributed by atoms with Crippen LogP contribution in [-0.4, -0.2) is 14.6 Å². The molecule has 0 saturated carbocycles. The smallest absolute Gasteiger partial charge is 0.173 e. The molecule has 0 spiro atoms. The highest BCUT2D eigenvalue weighted by Crippen LogP contribution is 2.31.